The van der Waals surface area contributed by atoms with Crippen molar-refractivity contribution < 1.29 is 9.53 Å². The molecule has 0 amide bonds. The van der Waals surface area contributed by atoms with Gasteiger partial charge in [0.2, 0.25) is 11.7 Å². The fraction of sp³-hybridized carbons (Fsp3) is 0.286. The van der Waals surface area contributed by atoms with Crippen LogP contribution in [0.4, 0.5) is 5.95 Å². The molecule has 15 heavy (non-hydrogen) atoms. The number of carbonyl (C=O) groups excluding carboxylic acids is 1. The van der Waals surface area contributed by atoms with Crippen LogP contribution in [0.3, 0.4) is 0 Å². The van der Waals surface area contributed by atoms with E-state index >= 15 is 0 Å². The largest absolute Gasteiger partial charge is 0.461 e. The van der Waals surface area contributed by atoms with Crippen LogP contribution in [0.25, 0.3) is 0 Å². The van der Waals surface area contributed by atoms with E-state index in [0.29, 0.717) is 0 Å². The zero-order valence-electron chi connectivity index (χ0n) is 7.89. The first kappa shape index (κ1) is 10.6. The number of esters is 1. The Labute approximate surface area is 85.0 Å². The van der Waals surface area contributed by atoms with E-state index in [-0.39, 0.29) is 18.3 Å². The van der Waals surface area contributed by atoms with Gasteiger partial charge in [-0.05, 0) is 6.92 Å². The lowest BCUT2D eigenvalue weighted by molar-refractivity contribution is -0.134. The summed E-state index contributed by atoms with van der Waals surface area (Å²) in [7, 11) is 0. The molecule has 78 valence electrons. The van der Waals surface area contributed by atoms with Crippen molar-refractivity contribution in [1.29, 1.82) is 5.26 Å². The molecule has 1 heterocycles. The molecule has 1 rings (SSSR count). The van der Waals surface area contributed by atoms with E-state index in [9.17, 15) is 4.79 Å². The summed E-state index contributed by atoms with van der Waals surface area (Å²) in [6, 6.07) is 1.60. The van der Waals surface area contributed by atoms with Crippen LogP contribution in [0.2, 0.25) is 0 Å². The number of aromatic amines is 1. The lowest BCUT2D eigenvalue weighted by Gasteiger charge is -1.98. The van der Waals surface area contributed by atoms with Gasteiger partial charge in [-0.2, -0.15) is 20.4 Å². The van der Waals surface area contributed by atoms with Crippen LogP contribution in [0, 0.1) is 11.3 Å². The third-order valence-corrected chi connectivity index (χ3v) is 1.26. The van der Waals surface area contributed by atoms with Gasteiger partial charge in [0, 0.05) is 0 Å². The SMILES string of the molecule is CCOC(=O)/C(C#N)=N/Nc1ncn[nH]1. The Hall–Kier alpha value is -2.43. The van der Waals surface area contributed by atoms with Gasteiger partial charge in [0.15, 0.2) is 0 Å². The van der Waals surface area contributed by atoms with Crippen LogP contribution in [0.15, 0.2) is 11.4 Å². The third-order valence-electron chi connectivity index (χ3n) is 1.26. The standard InChI is InChI=1S/C7H8N6O2/c1-2-15-6(14)5(3-8)11-13-7-9-4-10-12-7/h4H,2H2,1H3,(H2,9,10,12,13)/b11-5+. The van der Waals surface area contributed by atoms with Gasteiger partial charge in [0.25, 0.3) is 0 Å². The van der Waals surface area contributed by atoms with E-state index < -0.39 is 5.97 Å². The summed E-state index contributed by atoms with van der Waals surface area (Å²) in [4.78, 5) is 14.8. The molecule has 0 aliphatic carbocycles. The summed E-state index contributed by atoms with van der Waals surface area (Å²) in [5, 5.41) is 18.1. The number of H-pyrrole nitrogens is 1. The molecule has 0 fully saturated rings. The zero-order chi connectivity index (χ0) is 11.1. The molecule has 2 N–H and O–H groups in total. The number of hydrogen-bond donors (Lipinski definition) is 2. The third kappa shape index (κ3) is 3.07. The summed E-state index contributed by atoms with van der Waals surface area (Å²) >= 11 is 0. The number of nitriles is 1. The first-order valence-corrected chi connectivity index (χ1v) is 4.04. The van der Waals surface area contributed by atoms with Gasteiger partial charge in [0.05, 0.1) is 6.61 Å². The topological polar surface area (TPSA) is 116 Å². The Bertz CT molecular complexity index is 390. The van der Waals surface area contributed by atoms with E-state index in [0.717, 1.165) is 0 Å². The van der Waals surface area contributed by atoms with Crippen molar-refractivity contribution in [2.24, 2.45) is 5.10 Å². The highest BCUT2D eigenvalue weighted by Crippen LogP contribution is 1.92. The van der Waals surface area contributed by atoms with Gasteiger partial charge in [-0.25, -0.2) is 15.3 Å². The molecule has 8 nitrogen and oxygen atoms in total. The molecule has 0 aromatic carbocycles. The highest BCUT2D eigenvalue weighted by Gasteiger charge is 2.11. The Morgan fingerprint density at radius 1 is 1.87 bits per heavy atom. The van der Waals surface area contributed by atoms with Crippen molar-refractivity contribution in [3.8, 4) is 6.07 Å². The first-order valence-electron chi connectivity index (χ1n) is 4.04. The Kier molecular flexibility index (Phi) is 3.79. The molecule has 0 radical (unpaired) electrons. The number of aromatic nitrogens is 3. The molecule has 0 saturated heterocycles. The predicted octanol–water partition coefficient (Wildman–Crippen LogP) is -0.341. The smallest absolute Gasteiger partial charge is 0.369 e. The van der Waals surface area contributed by atoms with E-state index in [1.165, 1.54) is 6.33 Å². The van der Waals surface area contributed by atoms with E-state index in [1.807, 2.05) is 0 Å². The number of ether oxygens (including phenoxy) is 1. The number of hydrazone groups is 1. The van der Waals surface area contributed by atoms with Crippen molar-refractivity contribution in [2.75, 3.05) is 12.0 Å². The average molecular weight is 208 g/mol. The molecule has 0 bridgehead atoms. The molecule has 0 aliphatic rings. The predicted molar refractivity (Wildman–Crippen MR) is 49.7 cm³/mol. The zero-order valence-corrected chi connectivity index (χ0v) is 7.89. The van der Waals surface area contributed by atoms with Crippen LogP contribution in [-0.2, 0) is 9.53 Å². The summed E-state index contributed by atoms with van der Waals surface area (Å²) in [6.45, 7) is 1.82. The van der Waals surface area contributed by atoms with Gasteiger partial charge in [-0.1, -0.05) is 0 Å². The van der Waals surface area contributed by atoms with Gasteiger partial charge in [-0.3, -0.25) is 0 Å². The maximum Gasteiger partial charge on any atom is 0.369 e. The molecule has 0 spiro atoms. The molecular weight excluding hydrogens is 200 g/mol. The number of anilines is 1. The summed E-state index contributed by atoms with van der Waals surface area (Å²) in [6.07, 6.45) is 1.26. The molecule has 1 aromatic heterocycles. The van der Waals surface area contributed by atoms with Crippen molar-refractivity contribution in [3.63, 3.8) is 0 Å². The minimum atomic E-state index is -0.785. The molecule has 0 aliphatic heterocycles. The maximum atomic E-state index is 11.1. The van der Waals surface area contributed by atoms with Crippen molar-refractivity contribution in [3.05, 3.63) is 6.33 Å². The summed E-state index contributed by atoms with van der Waals surface area (Å²) < 4.78 is 4.59. The molecule has 0 saturated carbocycles. The second-order valence-electron chi connectivity index (χ2n) is 2.24. The number of rotatable bonds is 4. The number of carbonyl (C=O) groups is 1. The Balaban J connectivity index is 2.63. The summed E-state index contributed by atoms with van der Waals surface area (Å²) in [5.74, 6) is -0.556. The second kappa shape index (κ2) is 5.33. The fourth-order valence-corrected chi connectivity index (χ4v) is 0.684. The molecule has 0 unspecified atom stereocenters. The normalized spacial score (nSPS) is 10.5. The van der Waals surface area contributed by atoms with Crippen molar-refractivity contribution >= 4 is 17.6 Å². The molecule has 0 atom stereocenters. The van der Waals surface area contributed by atoms with E-state index in [1.54, 1.807) is 13.0 Å². The average Bonchev–Trinajstić information content (AvgIpc) is 2.72. The quantitative estimate of drug-likeness (QED) is 0.397. The van der Waals surface area contributed by atoms with Crippen LogP contribution < -0.4 is 5.43 Å². The number of hydrogen-bond acceptors (Lipinski definition) is 7. The van der Waals surface area contributed by atoms with Gasteiger partial charge in [-0.15, -0.1) is 0 Å². The lowest BCUT2D eigenvalue weighted by Crippen LogP contribution is -2.17. The minimum absolute atomic E-state index is 0.182. The molecular formula is C7H8N6O2. The van der Waals surface area contributed by atoms with E-state index in [2.05, 4.69) is 30.4 Å². The van der Waals surface area contributed by atoms with Gasteiger partial charge >= 0.3 is 5.97 Å². The minimum Gasteiger partial charge on any atom is -0.461 e. The fourth-order valence-electron chi connectivity index (χ4n) is 0.684. The van der Waals surface area contributed by atoms with Crippen LogP contribution >= 0.6 is 0 Å². The Morgan fingerprint density at radius 2 is 2.67 bits per heavy atom. The van der Waals surface area contributed by atoms with Crippen LogP contribution in [0.5, 0.6) is 0 Å². The van der Waals surface area contributed by atoms with Crippen LogP contribution in [0.1, 0.15) is 6.92 Å². The monoisotopic (exact) mass is 208 g/mol. The van der Waals surface area contributed by atoms with Crippen molar-refractivity contribution in [2.45, 2.75) is 6.92 Å². The lowest BCUT2D eigenvalue weighted by atomic mass is 10.4. The number of nitrogens with one attached hydrogen (secondary N) is 2. The van der Waals surface area contributed by atoms with Gasteiger partial charge < -0.3 is 4.74 Å². The first-order chi connectivity index (χ1) is 7.27. The summed E-state index contributed by atoms with van der Waals surface area (Å²) in [5.41, 5.74) is 1.97. The van der Waals surface area contributed by atoms with Crippen LogP contribution in [-0.4, -0.2) is 33.5 Å². The molecule has 1 aromatic rings. The van der Waals surface area contributed by atoms with E-state index in [4.69, 9.17) is 5.26 Å². The molecule has 8 heteroatoms. The highest BCUT2D eigenvalue weighted by molar-refractivity contribution is 6.43. The van der Waals surface area contributed by atoms with Crippen molar-refractivity contribution in [1.82, 2.24) is 15.2 Å². The second-order valence-corrected chi connectivity index (χ2v) is 2.24. The maximum absolute atomic E-state index is 11.1. The van der Waals surface area contributed by atoms with Gasteiger partial charge in [0.1, 0.15) is 12.4 Å². The number of nitrogens with zero attached hydrogens (tertiary/aromatic N) is 4. The Morgan fingerprint density at radius 3 is 3.20 bits per heavy atom. The highest BCUT2D eigenvalue weighted by atomic mass is 16.5.